The van der Waals surface area contributed by atoms with Crippen molar-refractivity contribution in [3.05, 3.63) is 66.0 Å². The Kier molecular flexibility index (Phi) is 5.40. The average Bonchev–Trinajstić information content (AvgIpc) is 2.68. The minimum Gasteiger partial charge on any atom is -0.358 e. The van der Waals surface area contributed by atoms with Gasteiger partial charge in [-0.3, -0.25) is 19.5 Å². The standard InChI is InChI=1S/C19H22N4O2/c1-20-18(24)17-14-23(19(25)16-7-9-21-10-8-16)12-11-22(17)13-15-5-3-2-4-6-15/h2-10,17H,11-14H2,1H3,(H,20,24)/t17-/m1/s1. The molecule has 0 bridgehead atoms. The van der Waals surface area contributed by atoms with Gasteiger partial charge in [0.15, 0.2) is 0 Å². The van der Waals surface area contributed by atoms with Gasteiger partial charge in [0.05, 0.1) is 0 Å². The van der Waals surface area contributed by atoms with Crippen LogP contribution in [0.3, 0.4) is 0 Å². The molecule has 1 aromatic carbocycles. The summed E-state index contributed by atoms with van der Waals surface area (Å²) in [5, 5.41) is 2.72. The van der Waals surface area contributed by atoms with Crippen LogP contribution in [0.25, 0.3) is 0 Å². The molecule has 3 rings (SSSR count). The van der Waals surface area contributed by atoms with Gasteiger partial charge in [-0.15, -0.1) is 0 Å². The maximum absolute atomic E-state index is 12.7. The van der Waals surface area contributed by atoms with Crippen molar-refractivity contribution in [1.29, 1.82) is 0 Å². The Bertz CT molecular complexity index is 721. The number of amides is 2. The lowest BCUT2D eigenvalue weighted by molar-refractivity contribution is -0.128. The minimum atomic E-state index is -0.357. The van der Waals surface area contributed by atoms with E-state index in [2.05, 4.69) is 27.3 Å². The van der Waals surface area contributed by atoms with E-state index in [0.717, 1.165) is 5.56 Å². The molecular weight excluding hydrogens is 316 g/mol. The van der Waals surface area contributed by atoms with Gasteiger partial charge in [0.1, 0.15) is 6.04 Å². The summed E-state index contributed by atoms with van der Waals surface area (Å²) >= 11 is 0. The highest BCUT2D eigenvalue weighted by Crippen LogP contribution is 2.16. The molecule has 0 unspecified atom stereocenters. The van der Waals surface area contributed by atoms with E-state index >= 15 is 0 Å². The Morgan fingerprint density at radius 2 is 1.84 bits per heavy atom. The molecule has 130 valence electrons. The quantitative estimate of drug-likeness (QED) is 0.908. The van der Waals surface area contributed by atoms with Crippen molar-refractivity contribution < 1.29 is 9.59 Å². The Labute approximate surface area is 147 Å². The number of pyridine rings is 1. The van der Waals surface area contributed by atoms with Gasteiger partial charge in [0, 0.05) is 51.2 Å². The summed E-state index contributed by atoms with van der Waals surface area (Å²) in [6, 6.07) is 13.1. The van der Waals surface area contributed by atoms with E-state index in [9.17, 15) is 9.59 Å². The third-order valence-electron chi connectivity index (χ3n) is 4.48. The van der Waals surface area contributed by atoms with Gasteiger partial charge in [-0.1, -0.05) is 30.3 Å². The van der Waals surface area contributed by atoms with Crippen LogP contribution in [0.1, 0.15) is 15.9 Å². The number of hydrogen-bond acceptors (Lipinski definition) is 4. The first-order valence-corrected chi connectivity index (χ1v) is 8.38. The number of nitrogens with zero attached hydrogens (tertiary/aromatic N) is 3. The first-order chi connectivity index (χ1) is 12.2. The van der Waals surface area contributed by atoms with Crippen LogP contribution in [0, 0.1) is 0 Å². The van der Waals surface area contributed by atoms with Gasteiger partial charge in [-0.25, -0.2) is 0 Å². The van der Waals surface area contributed by atoms with E-state index in [0.29, 0.717) is 31.7 Å². The third-order valence-corrected chi connectivity index (χ3v) is 4.48. The molecule has 2 aromatic rings. The maximum Gasteiger partial charge on any atom is 0.254 e. The van der Waals surface area contributed by atoms with E-state index in [4.69, 9.17) is 0 Å². The second-order valence-electron chi connectivity index (χ2n) is 6.07. The Hall–Kier alpha value is -2.73. The highest BCUT2D eigenvalue weighted by molar-refractivity contribution is 5.94. The molecule has 2 heterocycles. The third kappa shape index (κ3) is 4.03. The number of benzene rings is 1. The monoisotopic (exact) mass is 338 g/mol. The number of carbonyl (C=O) groups is 2. The van der Waals surface area contributed by atoms with Gasteiger partial charge in [0.2, 0.25) is 5.91 Å². The summed E-state index contributed by atoms with van der Waals surface area (Å²) < 4.78 is 0. The molecule has 1 atom stereocenters. The lowest BCUT2D eigenvalue weighted by atomic mass is 10.1. The van der Waals surface area contributed by atoms with Gasteiger partial charge >= 0.3 is 0 Å². The first-order valence-electron chi connectivity index (χ1n) is 8.38. The van der Waals surface area contributed by atoms with Crippen LogP contribution in [0.15, 0.2) is 54.9 Å². The zero-order valence-electron chi connectivity index (χ0n) is 14.3. The van der Waals surface area contributed by atoms with Gasteiger partial charge in [0.25, 0.3) is 5.91 Å². The maximum atomic E-state index is 12.7. The Morgan fingerprint density at radius 3 is 2.52 bits per heavy atom. The van der Waals surface area contributed by atoms with Crippen molar-refractivity contribution in [2.75, 3.05) is 26.7 Å². The Balaban J connectivity index is 1.74. The molecule has 1 aromatic heterocycles. The lowest BCUT2D eigenvalue weighted by Crippen LogP contribution is -2.59. The first kappa shape index (κ1) is 17.1. The van der Waals surface area contributed by atoms with Crippen LogP contribution in [-0.4, -0.2) is 59.3 Å². The van der Waals surface area contributed by atoms with Gasteiger partial charge in [-0.2, -0.15) is 0 Å². The SMILES string of the molecule is CNC(=O)[C@H]1CN(C(=O)c2ccncc2)CCN1Cc1ccccc1. The summed E-state index contributed by atoms with van der Waals surface area (Å²) in [6.45, 7) is 2.33. The average molecular weight is 338 g/mol. The summed E-state index contributed by atoms with van der Waals surface area (Å²) in [6.07, 6.45) is 3.21. The highest BCUT2D eigenvalue weighted by Gasteiger charge is 2.34. The van der Waals surface area contributed by atoms with Crippen molar-refractivity contribution in [1.82, 2.24) is 20.1 Å². The molecule has 1 saturated heterocycles. The van der Waals surface area contributed by atoms with Crippen molar-refractivity contribution in [2.45, 2.75) is 12.6 Å². The van der Waals surface area contributed by atoms with Crippen molar-refractivity contribution in [3.63, 3.8) is 0 Å². The molecule has 25 heavy (non-hydrogen) atoms. The van der Waals surface area contributed by atoms with Crippen LogP contribution in [0.4, 0.5) is 0 Å². The molecular formula is C19H22N4O2. The number of likely N-dealkylation sites (N-methyl/N-ethyl adjacent to an activating group) is 1. The summed E-state index contributed by atoms with van der Waals surface area (Å²) in [5.74, 6) is -0.126. The highest BCUT2D eigenvalue weighted by atomic mass is 16.2. The smallest absolute Gasteiger partial charge is 0.254 e. The Morgan fingerprint density at radius 1 is 1.12 bits per heavy atom. The summed E-state index contributed by atoms with van der Waals surface area (Å²) in [4.78, 5) is 32.9. The van der Waals surface area contributed by atoms with Crippen LogP contribution < -0.4 is 5.32 Å². The van der Waals surface area contributed by atoms with E-state index in [1.165, 1.54) is 0 Å². The zero-order valence-corrected chi connectivity index (χ0v) is 14.3. The van der Waals surface area contributed by atoms with E-state index in [1.54, 1.807) is 36.5 Å². The second kappa shape index (κ2) is 7.90. The molecule has 1 fully saturated rings. The molecule has 0 aliphatic carbocycles. The van der Waals surface area contributed by atoms with Crippen LogP contribution in [0.2, 0.25) is 0 Å². The fourth-order valence-electron chi connectivity index (χ4n) is 3.10. The predicted octanol–water partition coefficient (Wildman–Crippen LogP) is 1.15. The van der Waals surface area contributed by atoms with Crippen LogP contribution in [-0.2, 0) is 11.3 Å². The van der Waals surface area contributed by atoms with E-state index in [-0.39, 0.29) is 17.9 Å². The normalized spacial score (nSPS) is 18.0. The predicted molar refractivity (Wildman–Crippen MR) is 94.8 cm³/mol. The molecule has 0 radical (unpaired) electrons. The fraction of sp³-hybridized carbons (Fsp3) is 0.316. The number of aromatic nitrogens is 1. The van der Waals surface area contributed by atoms with Crippen LogP contribution in [0.5, 0.6) is 0 Å². The molecule has 0 saturated carbocycles. The number of nitrogens with one attached hydrogen (secondary N) is 1. The number of rotatable bonds is 4. The van der Waals surface area contributed by atoms with Crippen molar-refractivity contribution in [2.24, 2.45) is 0 Å². The molecule has 6 heteroatoms. The molecule has 0 spiro atoms. The number of hydrogen-bond donors (Lipinski definition) is 1. The minimum absolute atomic E-state index is 0.0596. The fourth-order valence-corrected chi connectivity index (χ4v) is 3.10. The molecule has 1 N–H and O–H groups in total. The van der Waals surface area contributed by atoms with E-state index < -0.39 is 0 Å². The molecule has 1 aliphatic rings. The van der Waals surface area contributed by atoms with Crippen molar-refractivity contribution in [3.8, 4) is 0 Å². The van der Waals surface area contributed by atoms with Gasteiger partial charge < -0.3 is 10.2 Å². The molecule has 6 nitrogen and oxygen atoms in total. The second-order valence-corrected chi connectivity index (χ2v) is 6.07. The number of piperazine rings is 1. The lowest BCUT2D eigenvalue weighted by Gasteiger charge is -2.40. The molecule has 1 aliphatic heterocycles. The largest absolute Gasteiger partial charge is 0.358 e. The van der Waals surface area contributed by atoms with Crippen LogP contribution >= 0.6 is 0 Å². The summed E-state index contributed by atoms with van der Waals surface area (Å²) in [7, 11) is 1.63. The number of carbonyl (C=O) groups excluding carboxylic acids is 2. The van der Waals surface area contributed by atoms with Crippen molar-refractivity contribution >= 4 is 11.8 Å². The topological polar surface area (TPSA) is 65.5 Å². The summed E-state index contributed by atoms with van der Waals surface area (Å²) in [5.41, 5.74) is 1.76. The van der Waals surface area contributed by atoms with E-state index in [1.807, 2.05) is 18.2 Å². The molecule has 2 amide bonds. The van der Waals surface area contributed by atoms with Gasteiger partial charge in [-0.05, 0) is 17.7 Å². The zero-order chi connectivity index (χ0) is 17.6.